The molecule has 2 amide bonds. The zero-order valence-corrected chi connectivity index (χ0v) is 12.9. The number of aromatic amines is 1. The van der Waals surface area contributed by atoms with Crippen molar-refractivity contribution in [1.82, 2.24) is 20.2 Å². The van der Waals surface area contributed by atoms with Gasteiger partial charge in [0.15, 0.2) is 0 Å². The second-order valence-electron chi connectivity index (χ2n) is 5.96. The van der Waals surface area contributed by atoms with Crippen LogP contribution in [0.3, 0.4) is 0 Å². The van der Waals surface area contributed by atoms with E-state index in [2.05, 4.69) is 20.0 Å². The van der Waals surface area contributed by atoms with Crippen LogP contribution in [0.25, 0.3) is 0 Å². The molecule has 0 aromatic carbocycles. The second kappa shape index (κ2) is 5.98. The molecule has 1 aliphatic heterocycles. The third-order valence-electron chi connectivity index (χ3n) is 4.80. The summed E-state index contributed by atoms with van der Waals surface area (Å²) in [7, 11) is 1.31. The summed E-state index contributed by atoms with van der Waals surface area (Å²) in [5.41, 5.74) is 1.82. The number of rotatable bonds is 2. The van der Waals surface area contributed by atoms with Crippen molar-refractivity contribution in [3.63, 3.8) is 0 Å². The predicted octanol–water partition coefficient (Wildman–Crippen LogP) is 1.31. The quantitative estimate of drug-likeness (QED) is 0.807. The monoisotopic (exact) mass is 306 g/mol. The number of aromatic nitrogens is 2. The predicted molar refractivity (Wildman–Crippen MR) is 79.2 cm³/mol. The highest BCUT2D eigenvalue weighted by molar-refractivity contribution is 5.81. The van der Waals surface area contributed by atoms with Gasteiger partial charge in [-0.15, -0.1) is 0 Å². The van der Waals surface area contributed by atoms with Crippen molar-refractivity contribution in [3.05, 3.63) is 17.7 Å². The number of fused-ring (bicyclic) bond motifs is 2. The molecule has 0 bridgehead atoms. The van der Waals surface area contributed by atoms with Gasteiger partial charge in [-0.2, -0.15) is 0 Å². The maximum absolute atomic E-state index is 12.6. The Morgan fingerprint density at radius 2 is 2.18 bits per heavy atom. The normalized spacial score (nSPS) is 19.6. The Balaban J connectivity index is 1.83. The number of ether oxygens (including phenoxy) is 1. The highest BCUT2D eigenvalue weighted by atomic mass is 16.5. The zero-order chi connectivity index (χ0) is 15.6. The Morgan fingerprint density at radius 1 is 1.41 bits per heavy atom. The van der Waals surface area contributed by atoms with Gasteiger partial charge in [-0.05, 0) is 12.8 Å². The minimum atomic E-state index is -0.441. The number of hydrogen-bond donors (Lipinski definition) is 2. The van der Waals surface area contributed by atoms with Crippen LogP contribution >= 0.6 is 0 Å². The first kappa shape index (κ1) is 14.9. The van der Waals surface area contributed by atoms with Gasteiger partial charge in [-0.25, -0.2) is 9.78 Å². The van der Waals surface area contributed by atoms with Crippen molar-refractivity contribution in [2.24, 2.45) is 0 Å². The van der Waals surface area contributed by atoms with Gasteiger partial charge in [0.2, 0.25) is 0 Å². The molecule has 2 N–H and O–H groups in total. The van der Waals surface area contributed by atoms with E-state index in [0.717, 1.165) is 43.5 Å². The third-order valence-corrected chi connectivity index (χ3v) is 4.80. The van der Waals surface area contributed by atoms with E-state index in [1.165, 1.54) is 13.5 Å². The van der Waals surface area contributed by atoms with E-state index < -0.39 is 5.97 Å². The average molecular weight is 306 g/mol. The summed E-state index contributed by atoms with van der Waals surface area (Å²) >= 11 is 0. The first-order valence-electron chi connectivity index (χ1n) is 7.82. The summed E-state index contributed by atoms with van der Waals surface area (Å²) in [6.45, 7) is 0.539. The molecule has 0 radical (unpaired) electrons. The van der Waals surface area contributed by atoms with Gasteiger partial charge in [0.05, 0.1) is 24.7 Å². The Hall–Kier alpha value is -2.05. The zero-order valence-electron chi connectivity index (χ0n) is 12.9. The number of imidazole rings is 1. The van der Waals surface area contributed by atoms with Gasteiger partial charge in [0.25, 0.3) is 0 Å². The van der Waals surface area contributed by atoms with E-state index in [1.807, 2.05) is 4.90 Å². The van der Waals surface area contributed by atoms with Crippen LogP contribution in [-0.4, -0.2) is 47.1 Å². The van der Waals surface area contributed by atoms with Crippen molar-refractivity contribution >= 4 is 12.0 Å². The average Bonchev–Trinajstić information content (AvgIpc) is 3.03. The first-order chi connectivity index (χ1) is 10.7. The lowest BCUT2D eigenvalue weighted by Gasteiger charge is -2.48. The van der Waals surface area contributed by atoms with Crippen molar-refractivity contribution in [1.29, 1.82) is 0 Å². The molecule has 1 spiro atoms. The molecule has 7 heteroatoms. The maximum Gasteiger partial charge on any atom is 0.325 e. The Morgan fingerprint density at radius 3 is 2.91 bits per heavy atom. The van der Waals surface area contributed by atoms with Gasteiger partial charge >= 0.3 is 12.0 Å². The molecule has 3 rings (SSSR count). The standard InChI is InChI=1S/C15H22N4O3/c1-22-12(20)9-16-14(21)19-8-5-11-13(18-10-17-11)15(19)6-3-2-4-7-15/h10H,2-9H2,1H3,(H,16,21)(H,17,18). The van der Waals surface area contributed by atoms with Crippen LogP contribution in [0.15, 0.2) is 6.33 Å². The van der Waals surface area contributed by atoms with Crippen molar-refractivity contribution in [3.8, 4) is 0 Å². The maximum atomic E-state index is 12.6. The number of H-pyrrole nitrogens is 1. The minimum absolute atomic E-state index is 0.102. The van der Waals surface area contributed by atoms with Crippen LogP contribution < -0.4 is 5.32 Å². The van der Waals surface area contributed by atoms with Gasteiger partial charge in [0, 0.05) is 18.7 Å². The van der Waals surface area contributed by atoms with E-state index in [0.29, 0.717) is 6.54 Å². The summed E-state index contributed by atoms with van der Waals surface area (Å²) in [4.78, 5) is 33.4. The first-order valence-corrected chi connectivity index (χ1v) is 7.82. The Labute approximate surface area is 129 Å². The third kappa shape index (κ3) is 2.44. The molecule has 120 valence electrons. The molecule has 2 heterocycles. The van der Waals surface area contributed by atoms with Crippen LogP contribution in [-0.2, 0) is 21.5 Å². The Kier molecular flexibility index (Phi) is 4.04. The van der Waals surface area contributed by atoms with Gasteiger partial charge in [-0.1, -0.05) is 19.3 Å². The van der Waals surface area contributed by atoms with E-state index in [1.54, 1.807) is 6.33 Å². The fourth-order valence-electron chi connectivity index (χ4n) is 3.73. The molecule has 1 saturated carbocycles. The molecule has 0 saturated heterocycles. The summed E-state index contributed by atoms with van der Waals surface area (Å²) < 4.78 is 4.58. The van der Waals surface area contributed by atoms with E-state index in [4.69, 9.17) is 0 Å². The van der Waals surface area contributed by atoms with E-state index in [9.17, 15) is 9.59 Å². The van der Waals surface area contributed by atoms with E-state index >= 15 is 0 Å². The van der Waals surface area contributed by atoms with Gasteiger partial charge < -0.3 is 19.9 Å². The van der Waals surface area contributed by atoms with Crippen LogP contribution in [0.4, 0.5) is 4.79 Å². The highest BCUT2D eigenvalue weighted by Gasteiger charge is 2.47. The van der Waals surface area contributed by atoms with Crippen molar-refractivity contribution in [2.45, 2.75) is 44.1 Å². The molecule has 1 aromatic rings. The number of nitrogens with zero attached hydrogens (tertiary/aromatic N) is 2. The highest BCUT2D eigenvalue weighted by Crippen LogP contribution is 2.44. The molecule has 22 heavy (non-hydrogen) atoms. The van der Waals surface area contributed by atoms with Crippen LogP contribution in [0, 0.1) is 0 Å². The van der Waals surface area contributed by atoms with Gasteiger partial charge in [-0.3, -0.25) is 4.79 Å². The second-order valence-corrected chi connectivity index (χ2v) is 5.96. The SMILES string of the molecule is COC(=O)CNC(=O)N1CCc2[nH]cnc2C12CCCCC2. The van der Waals surface area contributed by atoms with Gasteiger partial charge in [0.1, 0.15) is 6.54 Å². The summed E-state index contributed by atoms with van der Waals surface area (Å²) in [6, 6.07) is -0.207. The smallest absolute Gasteiger partial charge is 0.325 e. The molecular formula is C15H22N4O3. The number of nitrogens with one attached hydrogen (secondary N) is 2. The van der Waals surface area contributed by atoms with Crippen LogP contribution in [0.2, 0.25) is 0 Å². The minimum Gasteiger partial charge on any atom is -0.468 e. The molecule has 0 unspecified atom stereocenters. The number of hydrogen-bond acceptors (Lipinski definition) is 4. The Bertz CT molecular complexity index is 563. The number of esters is 1. The largest absolute Gasteiger partial charge is 0.468 e. The topological polar surface area (TPSA) is 87.3 Å². The molecule has 1 aromatic heterocycles. The number of carbonyl (C=O) groups excluding carboxylic acids is 2. The fraction of sp³-hybridized carbons (Fsp3) is 0.667. The number of amides is 2. The van der Waals surface area contributed by atoms with Crippen molar-refractivity contribution in [2.75, 3.05) is 20.2 Å². The summed E-state index contributed by atoms with van der Waals surface area (Å²) in [5, 5.41) is 2.67. The summed E-state index contributed by atoms with van der Waals surface area (Å²) in [5.74, 6) is -0.441. The number of methoxy groups -OCH3 is 1. The number of urea groups is 1. The lowest BCUT2D eigenvalue weighted by molar-refractivity contribution is -0.139. The fourth-order valence-corrected chi connectivity index (χ4v) is 3.73. The van der Waals surface area contributed by atoms with Crippen LogP contribution in [0.5, 0.6) is 0 Å². The molecule has 1 aliphatic carbocycles. The molecule has 1 fully saturated rings. The molecule has 0 atom stereocenters. The van der Waals surface area contributed by atoms with Crippen molar-refractivity contribution < 1.29 is 14.3 Å². The van der Waals surface area contributed by atoms with Crippen LogP contribution in [0.1, 0.15) is 43.5 Å². The lowest BCUT2D eigenvalue weighted by atomic mass is 9.75. The number of carbonyl (C=O) groups is 2. The molecular weight excluding hydrogens is 284 g/mol. The lowest BCUT2D eigenvalue weighted by Crippen LogP contribution is -2.57. The molecule has 7 nitrogen and oxygen atoms in total. The summed E-state index contributed by atoms with van der Waals surface area (Å²) in [6.07, 6.45) is 7.71. The molecule has 2 aliphatic rings. The van der Waals surface area contributed by atoms with E-state index in [-0.39, 0.29) is 18.1 Å².